The molecule has 0 aliphatic heterocycles. The second-order valence-corrected chi connectivity index (χ2v) is 6.36. The van der Waals surface area contributed by atoms with Crippen LogP contribution in [-0.2, 0) is 16.0 Å². The molecular weight excluding hydrogens is 283 g/mol. The Morgan fingerprint density at radius 2 is 1.89 bits per heavy atom. The molecule has 2 N–H and O–H groups in total. The van der Waals surface area contributed by atoms with Crippen molar-refractivity contribution in [2.24, 2.45) is 0 Å². The summed E-state index contributed by atoms with van der Waals surface area (Å²) in [4.78, 5) is 11.7. The van der Waals surface area contributed by atoms with E-state index in [9.17, 15) is 26.4 Å². The molecule has 1 aromatic carbocycles. The Balaban J connectivity index is 3.03. The van der Waals surface area contributed by atoms with Gasteiger partial charge in [0.25, 0.3) is 0 Å². The Labute approximate surface area is 108 Å². The zero-order valence-corrected chi connectivity index (χ0v) is 10.8. The van der Waals surface area contributed by atoms with E-state index < -0.39 is 39.5 Å². The molecule has 19 heavy (non-hydrogen) atoms. The van der Waals surface area contributed by atoms with Crippen LogP contribution in [0.5, 0.6) is 0 Å². The highest BCUT2D eigenvalue weighted by Gasteiger charge is 2.31. The summed E-state index contributed by atoms with van der Waals surface area (Å²) in [7, 11) is -3.36. The molecule has 0 fully saturated rings. The summed E-state index contributed by atoms with van der Waals surface area (Å²) >= 11 is 0. The van der Waals surface area contributed by atoms with Crippen LogP contribution in [0.25, 0.3) is 0 Å². The highest BCUT2D eigenvalue weighted by molar-refractivity contribution is 7.90. The monoisotopic (exact) mass is 295 g/mol. The number of hydrogen-bond donors (Lipinski definition) is 1. The lowest BCUT2D eigenvalue weighted by Crippen LogP contribution is -2.13. The molecule has 0 saturated heterocycles. The molecule has 0 spiro atoms. The van der Waals surface area contributed by atoms with Gasteiger partial charge in [-0.3, -0.25) is 4.79 Å². The minimum atomic E-state index is -4.58. The smallest absolute Gasteiger partial charge is 0.398 e. The van der Waals surface area contributed by atoms with Crippen LogP contribution in [0.2, 0.25) is 0 Å². The molecule has 0 bridgehead atoms. The molecule has 0 radical (unpaired) electrons. The first-order valence-electron chi connectivity index (χ1n) is 5.18. The minimum absolute atomic E-state index is 0.105. The summed E-state index contributed by atoms with van der Waals surface area (Å²) in [6, 6.07) is 2.39. The van der Waals surface area contributed by atoms with E-state index in [1.54, 1.807) is 0 Å². The number of rotatable bonds is 4. The molecule has 0 atom stereocenters. The highest BCUT2D eigenvalue weighted by Crippen LogP contribution is 2.31. The van der Waals surface area contributed by atoms with E-state index in [1.807, 2.05) is 0 Å². The van der Waals surface area contributed by atoms with Gasteiger partial charge in [-0.25, -0.2) is 8.42 Å². The predicted octanol–water partition coefficient (Wildman–Crippen LogP) is 1.91. The summed E-state index contributed by atoms with van der Waals surface area (Å²) in [6.45, 7) is 0. The fraction of sp³-hybridized carbons (Fsp3) is 0.364. The number of halogens is 3. The van der Waals surface area contributed by atoms with Gasteiger partial charge in [0.05, 0.1) is 11.3 Å². The number of benzene rings is 1. The van der Waals surface area contributed by atoms with Crippen LogP contribution in [0.1, 0.15) is 22.3 Å². The fourth-order valence-electron chi connectivity index (χ4n) is 1.39. The molecule has 8 heteroatoms. The highest BCUT2D eigenvalue weighted by atomic mass is 32.2. The Morgan fingerprint density at radius 3 is 2.37 bits per heavy atom. The van der Waals surface area contributed by atoms with E-state index in [4.69, 9.17) is 5.73 Å². The van der Waals surface area contributed by atoms with Gasteiger partial charge in [-0.05, 0) is 18.2 Å². The number of anilines is 1. The fourth-order valence-corrected chi connectivity index (χ4v) is 1.94. The maximum atomic E-state index is 12.5. The van der Waals surface area contributed by atoms with Gasteiger partial charge in [0.1, 0.15) is 9.84 Å². The van der Waals surface area contributed by atoms with E-state index in [0.29, 0.717) is 6.07 Å². The third-order valence-electron chi connectivity index (χ3n) is 2.38. The lowest BCUT2D eigenvalue weighted by Gasteiger charge is -2.10. The Hall–Kier alpha value is -1.57. The summed E-state index contributed by atoms with van der Waals surface area (Å²) in [6.07, 6.45) is -4.04. The van der Waals surface area contributed by atoms with Crippen molar-refractivity contribution in [3.63, 3.8) is 0 Å². The zero-order valence-electron chi connectivity index (χ0n) is 9.99. The normalized spacial score (nSPS) is 12.4. The number of alkyl halides is 3. The molecule has 0 saturated carbocycles. The Kier molecular flexibility index (Phi) is 4.24. The molecule has 0 amide bonds. The molecule has 4 nitrogen and oxygen atoms in total. The second-order valence-electron chi connectivity index (χ2n) is 4.10. The third-order valence-corrected chi connectivity index (χ3v) is 3.33. The SMILES string of the molecule is CS(=O)(=O)CCC(=O)c1cc(C(F)(F)F)ccc1N. The standard InChI is InChI=1S/C11H12F3NO3S/c1-19(17,18)5-4-10(16)8-6-7(11(12,13)14)2-3-9(8)15/h2-3,6H,4-5,15H2,1H3. The number of carbonyl (C=O) groups is 1. The van der Waals surface area contributed by atoms with Crippen molar-refractivity contribution in [2.75, 3.05) is 17.7 Å². The largest absolute Gasteiger partial charge is 0.416 e. The average molecular weight is 295 g/mol. The second kappa shape index (κ2) is 5.20. The van der Waals surface area contributed by atoms with Crippen LogP contribution < -0.4 is 5.73 Å². The Bertz CT molecular complexity index is 594. The molecule has 0 unspecified atom stereocenters. The zero-order chi connectivity index (χ0) is 14.8. The first-order chi connectivity index (χ1) is 8.50. The van der Waals surface area contributed by atoms with Crippen molar-refractivity contribution in [3.05, 3.63) is 29.3 Å². The van der Waals surface area contributed by atoms with Crippen LogP contribution in [-0.4, -0.2) is 26.2 Å². The van der Waals surface area contributed by atoms with Gasteiger partial charge in [-0.2, -0.15) is 13.2 Å². The van der Waals surface area contributed by atoms with E-state index in [-0.39, 0.29) is 11.3 Å². The first-order valence-corrected chi connectivity index (χ1v) is 7.24. The lowest BCUT2D eigenvalue weighted by atomic mass is 10.0. The lowest BCUT2D eigenvalue weighted by molar-refractivity contribution is -0.137. The molecule has 0 aliphatic carbocycles. The van der Waals surface area contributed by atoms with E-state index in [1.165, 1.54) is 0 Å². The van der Waals surface area contributed by atoms with Crippen LogP contribution in [0.3, 0.4) is 0 Å². The first kappa shape index (κ1) is 15.5. The van der Waals surface area contributed by atoms with Gasteiger partial charge in [0, 0.05) is 23.9 Å². The minimum Gasteiger partial charge on any atom is -0.398 e. The molecule has 0 aliphatic rings. The summed E-state index contributed by atoms with van der Waals surface area (Å²) < 4.78 is 59.3. The van der Waals surface area contributed by atoms with Crippen molar-refractivity contribution in [2.45, 2.75) is 12.6 Å². The summed E-state index contributed by atoms with van der Waals surface area (Å²) in [5, 5.41) is 0. The van der Waals surface area contributed by atoms with Crippen molar-refractivity contribution >= 4 is 21.3 Å². The predicted molar refractivity (Wildman–Crippen MR) is 64.5 cm³/mol. The number of nitrogens with two attached hydrogens (primary N) is 1. The van der Waals surface area contributed by atoms with Gasteiger partial charge in [0.2, 0.25) is 0 Å². The molecule has 0 aromatic heterocycles. The van der Waals surface area contributed by atoms with Crippen LogP contribution in [0.15, 0.2) is 18.2 Å². The molecular formula is C11H12F3NO3S. The van der Waals surface area contributed by atoms with Crippen molar-refractivity contribution in [1.29, 1.82) is 0 Å². The molecule has 1 rings (SSSR count). The third kappa shape index (κ3) is 4.55. The van der Waals surface area contributed by atoms with E-state index in [0.717, 1.165) is 18.4 Å². The van der Waals surface area contributed by atoms with Gasteiger partial charge in [0.15, 0.2) is 5.78 Å². The summed E-state index contributed by atoms with van der Waals surface area (Å²) in [5.74, 6) is -1.16. The van der Waals surface area contributed by atoms with Crippen molar-refractivity contribution in [1.82, 2.24) is 0 Å². The number of ketones is 1. The van der Waals surface area contributed by atoms with E-state index in [2.05, 4.69) is 0 Å². The number of nitrogen functional groups attached to an aromatic ring is 1. The summed E-state index contributed by atoms with van der Waals surface area (Å²) in [5.41, 5.74) is 4.03. The van der Waals surface area contributed by atoms with Gasteiger partial charge >= 0.3 is 6.18 Å². The maximum absolute atomic E-state index is 12.5. The number of sulfone groups is 1. The van der Waals surface area contributed by atoms with Crippen molar-refractivity contribution < 1.29 is 26.4 Å². The molecule has 0 heterocycles. The topological polar surface area (TPSA) is 77.2 Å². The van der Waals surface area contributed by atoms with Gasteiger partial charge in [-0.15, -0.1) is 0 Å². The van der Waals surface area contributed by atoms with Crippen LogP contribution in [0, 0.1) is 0 Å². The van der Waals surface area contributed by atoms with Gasteiger partial charge < -0.3 is 5.73 Å². The van der Waals surface area contributed by atoms with E-state index >= 15 is 0 Å². The number of carbonyl (C=O) groups excluding carboxylic acids is 1. The van der Waals surface area contributed by atoms with Crippen LogP contribution in [0.4, 0.5) is 18.9 Å². The number of Topliss-reactive ketones (excluding diaryl/α,β-unsaturated/α-hetero) is 1. The maximum Gasteiger partial charge on any atom is 0.416 e. The Morgan fingerprint density at radius 1 is 1.32 bits per heavy atom. The molecule has 106 valence electrons. The molecule has 1 aromatic rings. The van der Waals surface area contributed by atoms with Gasteiger partial charge in [-0.1, -0.05) is 0 Å². The van der Waals surface area contributed by atoms with Crippen LogP contribution >= 0.6 is 0 Å². The quantitative estimate of drug-likeness (QED) is 0.680. The van der Waals surface area contributed by atoms with Crippen molar-refractivity contribution in [3.8, 4) is 0 Å². The average Bonchev–Trinajstić information content (AvgIpc) is 2.24. The number of hydrogen-bond acceptors (Lipinski definition) is 4.